The Bertz CT molecular complexity index is 831. The maximum atomic E-state index is 10.7. The van der Waals surface area contributed by atoms with Crippen LogP contribution in [0.4, 0.5) is 0 Å². The van der Waals surface area contributed by atoms with E-state index in [0.717, 1.165) is 21.5 Å². The highest BCUT2D eigenvalue weighted by Crippen LogP contribution is 2.29. The highest BCUT2D eigenvalue weighted by molar-refractivity contribution is 7.80. The Labute approximate surface area is 116 Å². The molecule has 20 heavy (non-hydrogen) atoms. The Morgan fingerprint density at radius 1 is 0.900 bits per heavy atom. The Morgan fingerprint density at radius 3 is 1.90 bits per heavy atom. The highest BCUT2D eigenvalue weighted by Gasteiger charge is 2.08. The average Bonchev–Trinajstić information content (AvgIpc) is 2.42. The van der Waals surface area contributed by atoms with Crippen molar-refractivity contribution in [3.05, 3.63) is 60.2 Å². The first-order valence-corrected chi connectivity index (χ1v) is 7.37. The van der Waals surface area contributed by atoms with E-state index >= 15 is 0 Å². The van der Waals surface area contributed by atoms with E-state index in [-0.39, 0.29) is 6.61 Å². The lowest BCUT2D eigenvalue weighted by Crippen LogP contribution is -2.04. The lowest BCUT2D eigenvalue weighted by molar-refractivity contribution is 0.254. The van der Waals surface area contributed by atoms with Gasteiger partial charge >= 0.3 is 0 Å². The Kier molecular flexibility index (Phi) is 3.17. The fraction of sp³-hybridized carbons (Fsp3) is 0.0667. The molecule has 0 unspecified atom stereocenters. The van der Waals surface area contributed by atoms with Gasteiger partial charge in [0.2, 0.25) is 10.4 Å². The van der Waals surface area contributed by atoms with Gasteiger partial charge in [-0.15, -0.1) is 0 Å². The summed E-state index contributed by atoms with van der Waals surface area (Å²) in [4.78, 5) is 0. The van der Waals surface area contributed by atoms with Crippen LogP contribution in [-0.2, 0) is 21.2 Å². The van der Waals surface area contributed by atoms with Crippen LogP contribution in [-0.4, -0.2) is 13.0 Å². The monoisotopic (exact) mass is 287 g/mol. The number of fused-ring (bicyclic) bond motifs is 2. The van der Waals surface area contributed by atoms with Gasteiger partial charge in [0.15, 0.2) is 0 Å². The van der Waals surface area contributed by atoms with E-state index in [4.69, 9.17) is 0 Å². The fourth-order valence-corrected chi connectivity index (χ4v) is 2.66. The van der Waals surface area contributed by atoms with Gasteiger partial charge in [0.05, 0.1) is 6.61 Å². The minimum absolute atomic E-state index is 0.256. The molecule has 0 saturated heterocycles. The van der Waals surface area contributed by atoms with Crippen LogP contribution < -0.4 is 0 Å². The van der Waals surface area contributed by atoms with Gasteiger partial charge in [-0.3, -0.25) is 4.18 Å². The van der Waals surface area contributed by atoms with Gasteiger partial charge in [-0.05, 0) is 33.2 Å². The zero-order valence-corrected chi connectivity index (χ0v) is 11.3. The molecule has 3 aromatic rings. The summed E-state index contributed by atoms with van der Waals surface area (Å²) in [6.07, 6.45) is 0. The van der Waals surface area contributed by atoms with Gasteiger partial charge in [0.1, 0.15) is 0 Å². The van der Waals surface area contributed by atoms with Crippen molar-refractivity contribution in [1.82, 2.24) is 0 Å². The number of rotatable bonds is 3. The van der Waals surface area contributed by atoms with Gasteiger partial charge in [-0.2, -0.15) is 0 Å². The van der Waals surface area contributed by atoms with Crippen LogP contribution >= 0.6 is 0 Å². The van der Waals surface area contributed by atoms with Crippen LogP contribution in [0.5, 0.6) is 0 Å². The lowest BCUT2D eigenvalue weighted by Gasteiger charge is -2.13. The van der Waals surface area contributed by atoms with Gasteiger partial charge in [-0.1, -0.05) is 48.5 Å². The van der Waals surface area contributed by atoms with E-state index in [1.54, 1.807) is 0 Å². The summed E-state index contributed by atoms with van der Waals surface area (Å²) in [6.45, 7) is -0.256. The summed E-state index contributed by atoms with van der Waals surface area (Å²) in [6, 6.07) is 17.2. The molecule has 0 spiro atoms. The number of benzene rings is 3. The van der Waals surface area contributed by atoms with Crippen molar-refractivity contribution in [2.75, 3.05) is 0 Å². The topological polar surface area (TPSA) is 66.4 Å². The normalized spacial score (nSPS) is 12.1. The van der Waals surface area contributed by atoms with Crippen LogP contribution in [0.25, 0.3) is 21.5 Å². The minimum Gasteiger partial charge on any atom is -0.726 e. The third-order valence-corrected chi connectivity index (χ3v) is 3.64. The molecule has 0 heterocycles. The Morgan fingerprint density at radius 2 is 1.40 bits per heavy atom. The van der Waals surface area contributed by atoms with Crippen molar-refractivity contribution < 1.29 is 17.2 Å². The molecular weight excluding hydrogens is 276 g/mol. The summed E-state index contributed by atoms with van der Waals surface area (Å²) in [7, 11) is -4.71. The van der Waals surface area contributed by atoms with Gasteiger partial charge in [0.25, 0.3) is 0 Å². The van der Waals surface area contributed by atoms with E-state index in [0.29, 0.717) is 5.56 Å². The molecule has 4 nitrogen and oxygen atoms in total. The van der Waals surface area contributed by atoms with E-state index in [1.807, 2.05) is 54.6 Å². The molecule has 0 atom stereocenters. The average molecular weight is 287 g/mol. The molecule has 0 amide bonds. The molecule has 0 aliphatic rings. The Hall–Kier alpha value is -1.95. The van der Waals surface area contributed by atoms with Crippen molar-refractivity contribution >= 4 is 31.9 Å². The second-order valence-electron chi connectivity index (χ2n) is 4.47. The van der Waals surface area contributed by atoms with E-state index < -0.39 is 10.4 Å². The molecule has 0 aliphatic heterocycles. The van der Waals surface area contributed by atoms with Crippen LogP contribution in [0.1, 0.15) is 5.56 Å². The van der Waals surface area contributed by atoms with E-state index in [1.165, 1.54) is 0 Å². The maximum absolute atomic E-state index is 10.7. The summed E-state index contributed by atoms with van der Waals surface area (Å²) < 4.78 is 36.5. The second-order valence-corrected chi connectivity index (χ2v) is 5.52. The molecule has 0 N–H and O–H groups in total. The molecular formula is C15H11O4S-. The molecule has 102 valence electrons. The fourth-order valence-electron chi connectivity index (χ4n) is 2.39. The molecule has 0 bridgehead atoms. The molecule has 5 heteroatoms. The highest BCUT2D eigenvalue weighted by atomic mass is 32.3. The quantitative estimate of drug-likeness (QED) is 0.422. The molecule has 0 aliphatic carbocycles. The first-order valence-electron chi connectivity index (χ1n) is 6.04. The van der Waals surface area contributed by atoms with E-state index in [9.17, 15) is 13.0 Å². The van der Waals surface area contributed by atoms with Crippen LogP contribution in [0.3, 0.4) is 0 Å². The Balaban J connectivity index is 2.27. The number of hydrogen-bond acceptors (Lipinski definition) is 4. The maximum Gasteiger partial charge on any atom is 0.217 e. The molecule has 3 rings (SSSR count). The van der Waals surface area contributed by atoms with Gasteiger partial charge < -0.3 is 4.55 Å². The molecule has 0 fully saturated rings. The second kappa shape index (κ2) is 4.86. The SMILES string of the molecule is O=S(=O)([O-])OCc1c2ccccc2cc2ccccc12. The third kappa shape index (κ3) is 2.51. The summed E-state index contributed by atoms with van der Waals surface area (Å²) in [5, 5.41) is 3.73. The first kappa shape index (κ1) is 13.1. The summed E-state index contributed by atoms with van der Waals surface area (Å²) in [5.74, 6) is 0. The van der Waals surface area contributed by atoms with Crippen molar-refractivity contribution in [2.45, 2.75) is 6.61 Å². The number of hydrogen-bond donors (Lipinski definition) is 0. The van der Waals surface area contributed by atoms with Gasteiger partial charge in [0, 0.05) is 0 Å². The predicted octanol–water partition coefficient (Wildman–Crippen LogP) is 2.97. The van der Waals surface area contributed by atoms with Crippen molar-refractivity contribution in [1.29, 1.82) is 0 Å². The standard InChI is InChI=1S/C15H12O4S/c16-20(17,18)19-10-15-13-7-3-1-5-11(13)9-12-6-2-4-8-14(12)15/h1-9H,10H2,(H,16,17,18)/p-1. The lowest BCUT2D eigenvalue weighted by atomic mass is 9.97. The van der Waals surface area contributed by atoms with Crippen molar-refractivity contribution in [2.24, 2.45) is 0 Å². The van der Waals surface area contributed by atoms with Crippen LogP contribution in [0, 0.1) is 0 Å². The first-order chi connectivity index (χ1) is 9.54. The zero-order chi connectivity index (χ0) is 14.2. The summed E-state index contributed by atoms with van der Waals surface area (Å²) >= 11 is 0. The van der Waals surface area contributed by atoms with Gasteiger partial charge in [-0.25, -0.2) is 8.42 Å². The van der Waals surface area contributed by atoms with E-state index in [2.05, 4.69) is 4.18 Å². The van der Waals surface area contributed by atoms with Crippen LogP contribution in [0.2, 0.25) is 0 Å². The zero-order valence-electron chi connectivity index (χ0n) is 10.4. The summed E-state index contributed by atoms with van der Waals surface area (Å²) in [5.41, 5.74) is 0.707. The predicted molar refractivity (Wildman–Crippen MR) is 75.9 cm³/mol. The van der Waals surface area contributed by atoms with Crippen molar-refractivity contribution in [3.63, 3.8) is 0 Å². The molecule has 3 aromatic carbocycles. The minimum atomic E-state index is -4.71. The third-order valence-electron chi connectivity index (χ3n) is 3.23. The van der Waals surface area contributed by atoms with Crippen LogP contribution in [0.15, 0.2) is 54.6 Å². The molecule has 0 saturated carbocycles. The smallest absolute Gasteiger partial charge is 0.217 e. The van der Waals surface area contributed by atoms with Crippen molar-refractivity contribution in [3.8, 4) is 0 Å². The molecule has 0 radical (unpaired) electrons. The largest absolute Gasteiger partial charge is 0.726 e. The molecule has 0 aromatic heterocycles.